The third-order valence-corrected chi connectivity index (χ3v) is 3.28. The number of hydrogen-bond donors (Lipinski definition) is 2. The second-order valence-electron chi connectivity index (χ2n) is 5.50. The van der Waals surface area contributed by atoms with E-state index in [4.69, 9.17) is 10.5 Å². The van der Waals surface area contributed by atoms with Crippen molar-refractivity contribution in [1.82, 2.24) is 5.32 Å². The maximum Gasteiger partial charge on any atom is 0.122 e. The number of ether oxygens (including phenoxy) is 1. The van der Waals surface area contributed by atoms with Crippen LogP contribution in [0.4, 0.5) is 0 Å². The van der Waals surface area contributed by atoms with E-state index in [9.17, 15) is 0 Å². The Morgan fingerprint density at radius 3 is 2.53 bits per heavy atom. The van der Waals surface area contributed by atoms with E-state index >= 15 is 0 Å². The molecule has 0 aromatic heterocycles. The number of rotatable bonds is 8. The maximum absolute atomic E-state index is 5.72. The van der Waals surface area contributed by atoms with Gasteiger partial charge in [0.15, 0.2) is 0 Å². The van der Waals surface area contributed by atoms with Crippen molar-refractivity contribution in [2.45, 2.75) is 45.6 Å². The molecule has 3 N–H and O–H groups in total. The van der Waals surface area contributed by atoms with Gasteiger partial charge in [-0.2, -0.15) is 0 Å². The van der Waals surface area contributed by atoms with Crippen LogP contribution in [0, 0.1) is 0 Å². The highest BCUT2D eigenvalue weighted by Gasteiger charge is 2.08. The topological polar surface area (TPSA) is 47.3 Å². The Morgan fingerprint density at radius 1 is 1.21 bits per heavy atom. The molecule has 1 rings (SSSR count). The molecule has 0 heterocycles. The van der Waals surface area contributed by atoms with Crippen molar-refractivity contribution >= 4 is 0 Å². The van der Waals surface area contributed by atoms with E-state index in [0.29, 0.717) is 5.92 Å². The smallest absolute Gasteiger partial charge is 0.122 e. The van der Waals surface area contributed by atoms with Crippen LogP contribution in [-0.4, -0.2) is 26.2 Å². The zero-order chi connectivity index (χ0) is 14.3. The molecule has 0 aliphatic rings. The van der Waals surface area contributed by atoms with E-state index in [-0.39, 0.29) is 6.04 Å². The summed E-state index contributed by atoms with van der Waals surface area (Å²) in [5.41, 5.74) is 8.36. The molecule has 1 unspecified atom stereocenters. The number of nitrogens with one attached hydrogen (secondary N) is 1. The predicted molar refractivity (Wildman–Crippen MR) is 81.9 cm³/mol. The summed E-state index contributed by atoms with van der Waals surface area (Å²) < 4.78 is 5.40. The first kappa shape index (κ1) is 16.0. The SMILES string of the molecule is COc1ccc(CCNCCC(C)N)cc1C(C)C. The van der Waals surface area contributed by atoms with Crippen LogP contribution >= 0.6 is 0 Å². The number of hydrogen-bond acceptors (Lipinski definition) is 3. The van der Waals surface area contributed by atoms with Crippen LogP contribution in [0.25, 0.3) is 0 Å². The van der Waals surface area contributed by atoms with E-state index in [1.54, 1.807) is 7.11 Å². The summed E-state index contributed by atoms with van der Waals surface area (Å²) in [5, 5.41) is 3.43. The van der Waals surface area contributed by atoms with Gasteiger partial charge in [0.25, 0.3) is 0 Å². The third-order valence-electron chi connectivity index (χ3n) is 3.28. The average molecular weight is 264 g/mol. The summed E-state index contributed by atoms with van der Waals surface area (Å²) in [6.45, 7) is 8.42. The molecular formula is C16H28N2O. The molecular weight excluding hydrogens is 236 g/mol. The van der Waals surface area contributed by atoms with Gasteiger partial charge in [0.2, 0.25) is 0 Å². The third kappa shape index (κ3) is 5.62. The van der Waals surface area contributed by atoms with Gasteiger partial charge in [-0.05, 0) is 56.0 Å². The molecule has 0 radical (unpaired) electrons. The quantitative estimate of drug-likeness (QED) is 0.710. The van der Waals surface area contributed by atoms with Crippen molar-refractivity contribution in [3.8, 4) is 5.75 Å². The van der Waals surface area contributed by atoms with Crippen molar-refractivity contribution in [3.63, 3.8) is 0 Å². The maximum atomic E-state index is 5.72. The second-order valence-corrected chi connectivity index (χ2v) is 5.50. The van der Waals surface area contributed by atoms with E-state index in [0.717, 1.165) is 31.7 Å². The zero-order valence-corrected chi connectivity index (χ0v) is 12.7. The van der Waals surface area contributed by atoms with Crippen molar-refractivity contribution in [2.75, 3.05) is 20.2 Å². The highest BCUT2D eigenvalue weighted by atomic mass is 16.5. The molecule has 1 aromatic rings. The monoisotopic (exact) mass is 264 g/mol. The zero-order valence-electron chi connectivity index (χ0n) is 12.7. The summed E-state index contributed by atoms with van der Waals surface area (Å²) in [7, 11) is 1.73. The molecule has 0 aliphatic heterocycles. The fourth-order valence-corrected chi connectivity index (χ4v) is 2.08. The summed E-state index contributed by atoms with van der Waals surface area (Å²) in [4.78, 5) is 0. The van der Waals surface area contributed by atoms with Gasteiger partial charge >= 0.3 is 0 Å². The molecule has 0 saturated heterocycles. The van der Waals surface area contributed by atoms with Crippen molar-refractivity contribution < 1.29 is 4.74 Å². The Hall–Kier alpha value is -1.06. The van der Waals surface area contributed by atoms with Crippen LogP contribution in [0.3, 0.4) is 0 Å². The largest absolute Gasteiger partial charge is 0.496 e. The van der Waals surface area contributed by atoms with Crippen LogP contribution in [0.1, 0.15) is 44.2 Å². The molecule has 108 valence electrons. The number of nitrogens with two attached hydrogens (primary N) is 1. The summed E-state index contributed by atoms with van der Waals surface area (Å²) in [6.07, 6.45) is 2.07. The first-order valence-corrected chi connectivity index (χ1v) is 7.17. The lowest BCUT2D eigenvalue weighted by molar-refractivity contribution is 0.407. The Bertz CT molecular complexity index is 375. The molecule has 0 bridgehead atoms. The van der Waals surface area contributed by atoms with Crippen LogP contribution in [0.5, 0.6) is 5.75 Å². The molecule has 3 heteroatoms. The number of methoxy groups -OCH3 is 1. The molecule has 0 aliphatic carbocycles. The first-order chi connectivity index (χ1) is 9.04. The Morgan fingerprint density at radius 2 is 1.95 bits per heavy atom. The molecule has 1 atom stereocenters. The summed E-state index contributed by atoms with van der Waals surface area (Å²) in [5.74, 6) is 1.48. The van der Waals surface area contributed by atoms with E-state index < -0.39 is 0 Å². The second kappa shape index (κ2) is 8.18. The minimum absolute atomic E-state index is 0.279. The number of benzene rings is 1. The van der Waals surface area contributed by atoms with Gasteiger partial charge in [-0.3, -0.25) is 0 Å². The van der Waals surface area contributed by atoms with E-state index in [1.807, 2.05) is 6.92 Å². The molecule has 0 spiro atoms. The van der Waals surface area contributed by atoms with Gasteiger partial charge in [-0.1, -0.05) is 26.0 Å². The van der Waals surface area contributed by atoms with Gasteiger partial charge in [-0.15, -0.1) is 0 Å². The lowest BCUT2D eigenvalue weighted by Gasteiger charge is -2.14. The van der Waals surface area contributed by atoms with Gasteiger partial charge in [0.05, 0.1) is 7.11 Å². The Kier molecular flexibility index (Phi) is 6.89. The van der Waals surface area contributed by atoms with Crippen LogP contribution in [-0.2, 0) is 6.42 Å². The van der Waals surface area contributed by atoms with E-state index in [2.05, 4.69) is 37.4 Å². The Labute approximate surface area is 117 Å². The van der Waals surface area contributed by atoms with Crippen LogP contribution < -0.4 is 15.8 Å². The molecule has 19 heavy (non-hydrogen) atoms. The fraction of sp³-hybridized carbons (Fsp3) is 0.625. The summed E-state index contributed by atoms with van der Waals surface area (Å²) in [6, 6.07) is 6.77. The lowest BCUT2D eigenvalue weighted by atomic mass is 9.98. The minimum Gasteiger partial charge on any atom is -0.496 e. The van der Waals surface area contributed by atoms with Crippen molar-refractivity contribution in [2.24, 2.45) is 5.73 Å². The normalized spacial score (nSPS) is 12.7. The molecule has 0 saturated carbocycles. The van der Waals surface area contributed by atoms with E-state index in [1.165, 1.54) is 11.1 Å². The summed E-state index contributed by atoms with van der Waals surface area (Å²) >= 11 is 0. The van der Waals surface area contributed by atoms with Gasteiger partial charge in [0.1, 0.15) is 5.75 Å². The van der Waals surface area contributed by atoms with Gasteiger partial charge < -0.3 is 15.8 Å². The van der Waals surface area contributed by atoms with Crippen LogP contribution in [0.15, 0.2) is 18.2 Å². The predicted octanol–water partition coefficient (Wildman–Crippen LogP) is 2.69. The Balaban J connectivity index is 2.48. The highest BCUT2D eigenvalue weighted by molar-refractivity contribution is 5.39. The molecule has 0 fully saturated rings. The lowest BCUT2D eigenvalue weighted by Crippen LogP contribution is -2.25. The first-order valence-electron chi connectivity index (χ1n) is 7.17. The molecule has 3 nitrogen and oxygen atoms in total. The van der Waals surface area contributed by atoms with Gasteiger partial charge in [-0.25, -0.2) is 0 Å². The standard InChI is InChI=1S/C16H28N2O/c1-12(2)15-11-14(5-6-16(15)19-4)8-10-18-9-7-13(3)17/h5-6,11-13,18H,7-10,17H2,1-4H3. The minimum atomic E-state index is 0.279. The van der Waals surface area contributed by atoms with Crippen LogP contribution in [0.2, 0.25) is 0 Å². The van der Waals surface area contributed by atoms with Crippen molar-refractivity contribution in [3.05, 3.63) is 29.3 Å². The van der Waals surface area contributed by atoms with Gasteiger partial charge in [0, 0.05) is 6.04 Å². The molecule has 0 amide bonds. The highest BCUT2D eigenvalue weighted by Crippen LogP contribution is 2.27. The van der Waals surface area contributed by atoms with Crippen molar-refractivity contribution in [1.29, 1.82) is 0 Å². The molecule has 1 aromatic carbocycles. The average Bonchev–Trinajstić information content (AvgIpc) is 2.37. The fourth-order valence-electron chi connectivity index (χ4n) is 2.08.